The van der Waals surface area contributed by atoms with Crippen molar-refractivity contribution in [1.29, 1.82) is 0 Å². The van der Waals surface area contributed by atoms with Crippen LogP contribution in [0.4, 0.5) is 0 Å². The highest BCUT2D eigenvalue weighted by atomic mass is 35.5. The molecule has 1 aromatic heterocycles. The lowest BCUT2D eigenvalue weighted by Crippen LogP contribution is -2.28. The van der Waals surface area contributed by atoms with Gasteiger partial charge in [-0.3, -0.25) is 19.1 Å². The number of carbonyl (C=O) groups excluding carboxylic acids is 2. The Hall–Kier alpha value is -4.70. The highest BCUT2D eigenvalue weighted by Crippen LogP contribution is 2.34. The number of hydrogen-bond acceptors (Lipinski definition) is 8. The fraction of sp³-hybridized carbons (Fsp3) is 0.207. The van der Waals surface area contributed by atoms with Gasteiger partial charge in [-0.1, -0.05) is 29.8 Å². The molecule has 0 radical (unpaired) electrons. The van der Waals surface area contributed by atoms with Crippen LogP contribution in [0, 0.1) is 6.92 Å². The second kappa shape index (κ2) is 11.2. The van der Waals surface area contributed by atoms with Crippen LogP contribution in [0.25, 0.3) is 5.69 Å². The summed E-state index contributed by atoms with van der Waals surface area (Å²) in [6, 6.07) is 16.5. The standard InChI is InChI=1S/C29H26ClN5O5/c1-16(36)14-23-28-34-33-17(2)35(28)24-11-10-20(15-22(24)26(32-23)18-6-8-19(30)9-7-18)40-13-12-31-29(39)21-4-3-5-25(37)27(21)38/h3-11,15,23,37-38H,12-14H2,1-2H3,(H,31,39)/t23-/m0/s1. The molecular formula is C29H26ClN5O5. The molecule has 11 heteroatoms. The average molecular weight is 560 g/mol. The molecule has 0 spiro atoms. The molecule has 40 heavy (non-hydrogen) atoms. The molecule has 10 nitrogen and oxygen atoms in total. The van der Waals surface area contributed by atoms with Crippen molar-refractivity contribution in [2.75, 3.05) is 13.2 Å². The summed E-state index contributed by atoms with van der Waals surface area (Å²) in [6.45, 7) is 3.66. The van der Waals surface area contributed by atoms with Gasteiger partial charge in [0.15, 0.2) is 17.3 Å². The van der Waals surface area contributed by atoms with E-state index < -0.39 is 17.7 Å². The summed E-state index contributed by atoms with van der Waals surface area (Å²) < 4.78 is 7.85. The lowest BCUT2D eigenvalue weighted by molar-refractivity contribution is -0.117. The quantitative estimate of drug-likeness (QED) is 0.216. The van der Waals surface area contributed by atoms with Crippen LogP contribution in [0.5, 0.6) is 17.2 Å². The van der Waals surface area contributed by atoms with Crippen molar-refractivity contribution in [2.45, 2.75) is 26.3 Å². The van der Waals surface area contributed by atoms with Crippen LogP contribution in [0.2, 0.25) is 5.02 Å². The van der Waals surface area contributed by atoms with Gasteiger partial charge < -0.3 is 20.3 Å². The summed E-state index contributed by atoms with van der Waals surface area (Å²) in [7, 11) is 0. The third-order valence-electron chi connectivity index (χ3n) is 6.41. The van der Waals surface area contributed by atoms with E-state index in [1.54, 1.807) is 18.2 Å². The van der Waals surface area contributed by atoms with Gasteiger partial charge >= 0.3 is 0 Å². The van der Waals surface area contributed by atoms with Gasteiger partial charge in [0.1, 0.15) is 30.0 Å². The molecule has 1 aliphatic rings. The maximum Gasteiger partial charge on any atom is 0.255 e. The van der Waals surface area contributed by atoms with Crippen LogP contribution in [-0.4, -0.2) is 55.5 Å². The molecule has 3 aromatic carbocycles. The van der Waals surface area contributed by atoms with Crippen LogP contribution >= 0.6 is 11.6 Å². The monoisotopic (exact) mass is 559 g/mol. The number of Topliss-reactive ketones (excluding diaryl/α,β-unsaturated/α-hetero) is 1. The lowest BCUT2D eigenvalue weighted by atomic mass is 10.00. The molecule has 5 rings (SSSR count). The van der Waals surface area contributed by atoms with E-state index in [4.69, 9.17) is 21.3 Å². The summed E-state index contributed by atoms with van der Waals surface area (Å²) in [5, 5.41) is 31.4. The molecule has 0 unspecified atom stereocenters. The SMILES string of the molecule is CC(=O)C[C@@H]1N=C(c2ccc(Cl)cc2)c2cc(OCCNC(=O)c3cccc(O)c3O)ccc2-n2c(C)nnc21. The molecule has 0 fully saturated rings. The molecule has 0 saturated heterocycles. The van der Waals surface area contributed by atoms with Crippen molar-refractivity contribution >= 4 is 29.0 Å². The van der Waals surface area contributed by atoms with Crippen LogP contribution in [-0.2, 0) is 4.79 Å². The van der Waals surface area contributed by atoms with Gasteiger partial charge in [-0.05, 0) is 56.3 Å². The zero-order valence-electron chi connectivity index (χ0n) is 21.8. The number of halogens is 1. The van der Waals surface area contributed by atoms with E-state index >= 15 is 0 Å². The highest BCUT2D eigenvalue weighted by molar-refractivity contribution is 6.30. The number of aliphatic imine (C=N–C) groups is 1. The molecule has 204 valence electrons. The second-order valence-corrected chi connectivity index (χ2v) is 9.74. The van der Waals surface area contributed by atoms with E-state index in [-0.39, 0.29) is 36.7 Å². The Labute approximate surface area is 234 Å². The molecule has 0 bridgehead atoms. The maximum atomic E-state index is 12.4. The number of para-hydroxylation sites is 1. The zero-order chi connectivity index (χ0) is 28.4. The first kappa shape index (κ1) is 26.9. The minimum atomic E-state index is -0.539. The van der Waals surface area contributed by atoms with E-state index in [1.807, 2.05) is 35.8 Å². The molecule has 0 aliphatic carbocycles. The summed E-state index contributed by atoms with van der Waals surface area (Å²) in [6.07, 6.45) is 0.168. The Bertz CT molecular complexity index is 1630. The van der Waals surface area contributed by atoms with E-state index in [9.17, 15) is 19.8 Å². The normalized spacial score (nSPS) is 14.0. The molecule has 1 aliphatic heterocycles. The number of phenolic OH excluding ortho intramolecular Hbond substituents is 2. The third-order valence-corrected chi connectivity index (χ3v) is 6.66. The third kappa shape index (κ3) is 5.39. The molecule has 3 N–H and O–H groups in total. The van der Waals surface area contributed by atoms with Crippen molar-refractivity contribution in [3.8, 4) is 22.9 Å². The second-order valence-electron chi connectivity index (χ2n) is 9.30. The number of amides is 1. The summed E-state index contributed by atoms with van der Waals surface area (Å²) in [4.78, 5) is 29.6. The molecule has 1 atom stereocenters. The Kier molecular flexibility index (Phi) is 7.52. The smallest absolute Gasteiger partial charge is 0.255 e. The number of ketones is 1. The number of aryl methyl sites for hydroxylation is 1. The van der Waals surface area contributed by atoms with E-state index in [2.05, 4.69) is 15.5 Å². The Morgan fingerprint density at radius 3 is 2.60 bits per heavy atom. The fourth-order valence-electron chi connectivity index (χ4n) is 4.56. The molecule has 0 saturated carbocycles. The fourth-order valence-corrected chi connectivity index (χ4v) is 4.68. The lowest BCUT2D eigenvalue weighted by Gasteiger charge is -2.15. The number of ether oxygens (including phenoxy) is 1. The van der Waals surface area contributed by atoms with Gasteiger partial charge in [0, 0.05) is 22.6 Å². The van der Waals surface area contributed by atoms with Crippen molar-refractivity contribution in [3.63, 3.8) is 0 Å². The number of carbonyl (C=O) groups is 2. The molecular weight excluding hydrogens is 534 g/mol. The predicted octanol–water partition coefficient (Wildman–Crippen LogP) is 4.32. The number of nitrogens with one attached hydrogen (secondary N) is 1. The van der Waals surface area contributed by atoms with Gasteiger partial charge in [-0.2, -0.15) is 0 Å². The summed E-state index contributed by atoms with van der Waals surface area (Å²) in [5.74, 6) is 0.354. The van der Waals surface area contributed by atoms with E-state index in [1.165, 1.54) is 25.1 Å². The van der Waals surface area contributed by atoms with Crippen molar-refractivity contribution in [1.82, 2.24) is 20.1 Å². The maximum absolute atomic E-state index is 12.4. The number of aromatic hydroxyl groups is 2. The average Bonchev–Trinajstić information content (AvgIpc) is 3.25. The van der Waals surface area contributed by atoms with Crippen molar-refractivity contribution < 1.29 is 24.5 Å². The Morgan fingerprint density at radius 1 is 1.07 bits per heavy atom. The number of hydrogen-bond donors (Lipinski definition) is 3. The van der Waals surface area contributed by atoms with Gasteiger partial charge in [0.2, 0.25) is 0 Å². The summed E-state index contributed by atoms with van der Waals surface area (Å²) in [5.41, 5.74) is 2.97. The minimum absolute atomic E-state index is 0.0209. The van der Waals surface area contributed by atoms with Crippen LogP contribution < -0.4 is 10.1 Å². The van der Waals surface area contributed by atoms with E-state index in [0.717, 1.165) is 16.8 Å². The molecule has 4 aromatic rings. The predicted molar refractivity (Wildman–Crippen MR) is 149 cm³/mol. The van der Waals surface area contributed by atoms with E-state index in [0.29, 0.717) is 28.1 Å². The van der Waals surface area contributed by atoms with Gasteiger partial charge in [0.25, 0.3) is 5.91 Å². The largest absolute Gasteiger partial charge is 0.504 e. The number of phenols is 2. The first-order valence-electron chi connectivity index (χ1n) is 12.5. The molecule has 2 heterocycles. The number of aromatic nitrogens is 3. The first-order chi connectivity index (χ1) is 19.2. The highest BCUT2D eigenvalue weighted by Gasteiger charge is 2.29. The Balaban J connectivity index is 1.44. The van der Waals surface area contributed by atoms with Gasteiger partial charge in [-0.15, -0.1) is 10.2 Å². The van der Waals surface area contributed by atoms with Crippen molar-refractivity contribution in [2.24, 2.45) is 4.99 Å². The van der Waals surface area contributed by atoms with Crippen LogP contribution in [0.15, 0.2) is 65.7 Å². The van der Waals surface area contributed by atoms with Crippen LogP contribution in [0.1, 0.15) is 52.5 Å². The summed E-state index contributed by atoms with van der Waals surface area (Å²) >= 11 is 6.15. The number of nitrogens with zero attached hydrogens (tertiary/aromatic N) is 4. The Morgan fingerprint density at radius 2 is 1.85 bits per heavy atom. The zero-order valence-corrected chi connectivity index (χ0v) is 22.5. The number of benzene rings is 3. The van der Waals surface area contributed by atoms with Crippen molar-refractivity contribution in [3.05, 3.63) is 94.0 Å². The number of rotatable bonds is 8. The first-order valence-corrected chi connectivity index (χ1v) is 12.9. The minimum Gasteiger partial charge on any atom is -0.504 e. The van der Waals surface area contributed by atoms with Crippen LogP contribution in [0.3, 0.4) is 0 Å². The van der Waals surface area contributed by atoms with Gasteiger partial charge in [0.05, 0.1) is 23.5 Å². The number of fused-ring (bicyclic) bond motifs is 3. The molecule has 1 amide bonds. The van der Waals surface area contributed by atoms with Gasteiger partial charge in [-0.25, -0.2) is 0 Å². The topological polar surface area (TPSA) is 139 Å².